The van der Waals surface area contributed by atoms with E-state index in [1.54, 1.807) is 11.1 Å². The smallest absolute Gasteiger partial charge is 0.395 e. The molecule has 1 saturated carbocycles. The summed E-state index contributed by atoms with van der Waals surface area (Å²) in [6, 6.07) is 11.1. The topological polar surface area (TPSA) is 65.9 Å². The van der Waals surface area contributed by atoms with Crippen LogP contribution in [0.2, 0.25) is 0 Å². The summed E-state index contributed by atoms with van der Waals surface area (Å²) in [5.41, 5.74) is 0.963. The maximum atomic E-state index is 13.6. The van der Waals surface area contributed by atoms with Gasteiger partial charge in [-0.3, -0.25) is 4.79 Å². The summed E-state index contributed by atoms with van der Waals surface area (Å²) in [5.74, 6) is 0.775. The largest absolute Gasteiger partial charge is 0.477 e. The van der Waals surface area contributed by atoms with E-state index < -0.39 is 11.6 Å². The van der Waals surface area contributed by atoms with E-state index in [1.165, 1.54) is 0 Å². The minimum Gasteiger partial charge on any atom is -0.477 e. The molecule has 0 radical (unpaired) electrons. The van der Waals surface area contributed by atoms with Crippen LogP contribution in [0.1, 0.15) is 61.7 Å². The molecule has 1 aromatic carbocycles. The van der Waals surface area contributed by atoms with Crippen molar-refractivity contribution in [3.8, 4) is 17.0 Å². The van der Waals surface area contributed by atoms with Crippen LogP contribution in [-0.4, -0.2) is 77.4 Å². The molecule has 3 fully saturated rings. The molecule has 39 heavy (non-hydrogen) atoms. The molecule has 2 atom stereocenters. The highest BCUT2D eigenvalue weighted by Gasteiger charge is 2.58. The molecule has 0 bridgehead atoms. The molecule has 2 unspecified atom stereocenters. The van der Waals surface area contributed by atoms with Gasteiger partial charge in [0.1, 0.15) is 0 Å². The standard InChI is InChI=1S/C30H38F3N3O3/c31-30(32,33)29(13-3-14-29)21-35-15-1-4-22(12-17-35)20-39-27-11-10-25(18-34-27)23-6-8-24(9-7-23)28(38)36-16-2-5-26(36)19-37/h6-11,18,22,26,37H,1-5,12-17,19-21H2. The molecule has 1 aliphatic carbocycles. The number of hydrogen-bond donors (Lipinski definition) is 1. The number of ether oxygens (including phenoxy) is 1. The molecule has 1 amide bonds. The number of pyridine rings is 1. The van der Waals surface area contributed by atoms with Gasteiger partial charge in [-0.2, -0.15) is 13.2 Å². The second-order valence-corrected chi connectivity index (χ2v) is 11.5. The third kappa shape index (κ3) is 6.24. The number of carbonyl (C=O) groups is 1. The number of nitrogens with zero attached hydrogens (tertiary/aromatic N) is 3. The second kappa shape index (κ2) is 11.8. The zero-order chi connectivity index (χ0) is 27.5. The molecule has 2 saturated heterocycles. The summed E-state index contributed by atoms with van der Waals surface area (Å²) in [6.45, 7) is 2.69. The molecule has 1 N–H and O–H groups in total. The summed E-state index contributed by atoms with van der Waals surface area (Å²) in [5, 5.41) is 9.51. The first kappa shape index (κ1) is 27.9. The van der Waals surface area contributed by atoms with Crippen LogP contribution in [0.5, 0.6) is 5.88 Å². The fraction of sp³-hybridized carbons (Fsp3) is 0.600. The van der Waals surface area contributed by atoms with E-state index in [2.05, 4.69) is 4.98 Å². The minimum atomic E-state index is -4.12. The van der Waals surface area contributed by atoms with Crippen LogP contribution in [0.25, 0.3) is 11.1 Å². The molecule has 3 aliphatic rings. The second-order valence-electron chi connectivity index (χ2n) is 11.5. The minimum absolute atomic E-state index is 0.00824. The zero-order valence-electron chi connectivity index (χ0n) is 22.3. The predicted molar refractivity (Wildman–Crippen MR) is 142 cm³/mol. The van der Waals surface area contributed by atoms with Crippen molar-refractivity contribution in [1.29, 1.82) is 0 Å². The molecule has 0 spiro atoms. The number of aliphatic hydroxyl groups excluding tert-OH is 1. The first-order chi connectivity index (χ1) is 18.8. The number of aromatic nitrogens is 1. The maximum absolute atomic E-state index is 13.6. The summed E-state index contributed by atoms with van der Waals surface area (Å²) >= 11 is 0. The van der Waals surface area contributed by atoms with Crippen LogP contribution < -0.4 is 4.74 Å². The molecule has 9 heteroatoms. The van der Waals surface area contributed by atoms with Gasteiger partial charge in [0.25, 0.3) is 5.91 Å². The molecule has 5 rings (SSSR count). The van der Waals surface area contributed by atoms with Gasteiger partial charge in [-0.05, 0) is 87.7 Å². The number of alkyl halides is 3. The Bertz CT molecular complexity index is 1100. The van der Waals surface area contributed by atoms with Gasteiger partial charge in [0.15, 0.2) is 0 Å². The summed E-state index contributed by atoms with van der Waals surface area (Å²) in [6.07, 6.45) is 3.21. The molecule has 1 aromatic heterocycles. The fourth-order valence-electron chi connectivity index (χ4n) is 6.22. The van der Waals surface area contributed by atoms with Crippen LogP contribution in [0, 0.1) is 11.3 Å². The maximum Gasteiger partial charge on any atom is 0.395 e. The van der Waals surface area contributed by atoms with Crippen molar-refractivity contribution in [2.24, 2.45) is 11.3 Å². The number of rotatable bonds is 8. The quantitative estimate of drug-likeness (QED) is 0.471. The van der Waals surface area contributed by atoms with Crippen molar-refractivity contribution in [1.82, 2.24) is 14.8 Å². The third-order valence-electron chi connectivity index (χ3n) is 8.90. The van der Waals surface area contributed by atoms with Gasteiger partial charge < -0.3 is 19.6 Å². The lowest BCUT2D eigenvalue weighted by Crippen LogP contribution is -2.52. The van der Waals surface area contributed by atoms with E-state index in [4.69, 9.17) is 4.74 Å². The first-order valence-corrected chi connectivity index (χ1v) is 14.2. The lowest BCUT2D eigenvalue weighted by atomic mass is 9.67. The van der Waals surface area contributed by atoms with Gasteiger partial charge in [0.05, 0.1) is 24.7 Å². The van der Waals surface area contributed by atoms with Crippen molar-refractivity contribution in [2.75, 3.05) is 39.4 Å². The van der Waals surface area contributed by atoms with Crippen LogP contribution >= 0.6 is 0 Å². The molecular weight excluding hydrogens is 507 g/mol. The van der Waals surface area contributed by atoms with Gasteiger partial charge in [-0.1, -0.05) is 18.6 Å². The van der Waals surface area contributed by atoms with Crippen LogP contribution in [0.3, 0.4) is 0 Å². The Labute approximate surface area is 228 Å². The van der Waals surface area contributed by atoms with Crippen molar-refractivity contribution < 1.29 is 27.8 Å². The summed E-state index contributed by atoms with van der Waals surface area (Å²) in [4.78, 5) is 21.0. The van der Waals surface area contributed by atoms with Gasteiger partial charge >= 0.3 is 6.18 Å². The van der Waals surface area contributed by atoms with Crippen molar-refractivity contribution in [2.45, 2.75) is 63.6 Å². The summed E-state index contributed by atoms with van der Waals surface area (Å²) in [7, 11) is 0. The number of aliphatic hydroxyl groups is 1. The van der Waals surface area contributed by atoms with E-state index in [0.717, 1.165) is 43.2 Å². The average Bonchev–Trinajstić information content (AvgIpc) is 3.28. The molecule has 2 aliphatic heterocycles. The number of likely N-dealkylation sites (tertiary alicyclic amines) is 2. The highest BCUT2D eigenvalue weighted by Crippen LogP contribution is 2.53. The number of halogens is 3. The van der Waals surface area contributed by atoms with Crippen molar-refractivity contribution in [3.05, 3.63) is 48.2 Å². The number of carbonyl (C=O) groups excluding carboxylic acids is 1. The predicted octanol–water partition coefficient (Wildman–Crippen LogP) is 5.56. The average molecular weight is 546 g/mol. The van der Waals surface area contributed by atoms with E-state index in [0.29, 0.717) is 50.0 Å². The van der Waals surface area contributed by atoms with Gasteiger partial charge in [0, 0.05) is 36.5 Å². The van der Waals surface area contributed by atoms with Gasteiger partial charge in [-0.25, -0.2) is 4.98 Å². The summed E-state index contributed by atoms with van der Waals surface area (Å²) < 4.78 is 46.7. The van der Waals surface area contributed by atoms with Gasteiger partial charge in [-0.15, -0.1) is 0 Å². The Morgan fingerprint density at radius 3 is 2.36 bits per heavy atom. The molecule has 212 valence electrons. The van der Waals surface area contributed by atoms with E-state index >= 15 is 0 Å². The number of benzene rings is 1. The third-order valence-corrected chi connectivity index (χ3v) is 8.90. The highest BCUT2D eigenvalue weighted by molar-refractivity contribution is 5.95. The van der Waals surface area contributed by atoms with Crippen LogP contribution in [0.15, 0.2) is 42.6 Å². The SMILES string of the molecule is O=C(c1ccc(-c2ccc(OCC3CCCN(CC4(C(F)(F)F)CCC4)CC3)nc2)cc1)N1CCCC1CO. The Morgan fingerprint density at radius 2 is 1.72 bits per heavy atom. The van der Waals surface area contributed by atoms with Crippen LogP contribution in [0.4, 0.5) is 13.2 Å². The van der Waals surface area contributed by atoms with Crippen LogP contribution in [-0.2, 0) is 0 Å². The van der Waals surface area contributed by atoms with Gasteiger partial charge in [0.2, 0.25) is 5.88 Å². The van der Waals surface area contributed by atoms with Crippen molar-refractivity contribution in [3.63, 3.8) is 0 Å². The van der Waals surface area contributed by atoms with E-state index in [1.807, 2.05) is 41.3 Å². The Hall–Kier alpha value is -2.65. The molecule has 6 nitrogen and oxygen atoms in total. The lowest BCUT2D eigenvalue weighted by Gasteiger charge is -2.46. The monoisotopic (exact) mass is 545 g/mol. The zero-order valence-corrected chi connectivity index (χ0v) is 22.3. The molecule has 2 aromatic rings. The Kier molecular flexibility index (Phi) is 8.47. The molecule has 3 heterocycles. The molecular formula is C30H38F3N3O3. The van der Waals surface area contributed by atoms with E-state index in [9.17, 15) is 23.1 Å². The van der Waals surface area contributed by atoms with Crippen molar-refractivity contribution >= 4 is 5.91 Å². The highest BCUT2D eigenvalue weighted by atomic mass is 19.4. The fourth-order valence-corrected chi connectivity index (χ4v) is 6.22. The normalized spacial score (nSPS) is 23.7. The Morgan fingerprint density at radius 1 is 0.974 bits per heavy atom. The number of amides is 1. The number of hydrogen-bond acceptors (Lipinski definition) is 5. The first-order valence-electron chi connectivity index (χ1n) is 14.2. The van der Waals surface area contributed by atoms with E-state index in [-0.39, 0.29) is 37.9 Å². The lowest BCUT2D eigenvalue weighted by molar-refractivity contribution is -0.256. The Balaban J connectivity index is 1.10.